The summed E-state index contributed by atoms with van der Waals surface area (Å²) in [6, 6.07) is 1.20. The second-order valence-electron chi connectivity index (χ2n) is 4.82. The van der Waals surface area contributed by atoms with E-state index < -0.39 is 17.5 Å². The lowest BCUT2D eigenvalue weighted by molar-refractivity contribution is 0.0675. The Morgan fingerprint density at radius 2 is 2.06 bits per heavy atom. The summed E-state index contributed by atoms with van der Waals surface area (Å²) in [4.78, 5) is 22.5. The zero-order valence-corrected chi connectivity index (χ0v) is 10.3. The Hall–Kier alpha value is -1.62. The van der Waals surface area contributed by atoms with Gasteiger partial charge in [-0.2, -0.15) is 0 Å². The molecule has 2 rings (SSSR count). The first-order valence-electron chi connectivity index (χ1n) is 6.15. The number of carboxylic acid groups (broad SMARTS) is 1. The van der Waals surface area contributed by atoms with E-state index in [0.29, 0.717) is 5.69 Å². The van der Waals surface area contributed by atoms with Crippen LogP contribution in [0.15, 0.2) is 17.1 Å². The van der Waals surface area contributed by atoms with Crippen molar-refractivity contribution in [3.05, 3.63) is 33.7 Å². The normalized spacial score (nSPS) is 23.9. The van der Waals surface area contributed by atoms with Gasteiger partial charge in [0, 0.05) is 18.0 Å². The van der Waals surface area contributed by atoms with Crippen LogP contribution in [0.1, 0.15) is 47.8 Å². The molecule has 1 aliphatic carbocycles. The number of carbonyl (C=O) groups is 1. The highest BCUT2D eigenvalue weighted by Gasteiger charge is 2.26. The molecule has 0 spiro atoms. The number of hydrogen-bond acceptors (Lipinski definition) is 3. The van der Waals surface area contributed by atoms with E-state index in [1.807, 2.05) is 0 Å². The number of aliphatic hydroxyl groups is 1. The second kappa shape index (κ2) is 4.94. The van der Waals surface area contributed by atoms with Gasteiger partial charge < -0.3 is 14.8 Å². The number of rotatable bonds is 2. The predicted molar refractivity (Wildman–Crippen MR) is 65.9 cm³/mol. The van der Waals surface area contributed by atoms with E-state index in [1.54, 1.807) is 11.5 Å². The van der Waals surface area contributed by atoms with E-state index in [-0.39, 0.29) is 11.6 Å². The lowest BCUT2D eigenvalue weighted by Crippen LogP contribution is -2.30. The standard InChI is InChI=1S/C13H17NO4/c1-8-6-12(16)9(13(17)18)7-14(8)10-4-2-3-5-11(10)15/h6-7,10-11,15H,2-5H2,1H3,(H,17,18). The first-order valence-corrected chi connectivity index (χ1v) is 6.15. The number of aryl methyl sites for hydroxylation is 1. The van der Waals surface area contributed by atoms with Gasteiger partial charge in [0.25, 0.3) is 0 Å². The molecule has 5 nitrogen and oxygen atoms in total. The summed E-state index contributed by atoms with van der Waals surface area (Å²) < 4.78 is 1.73. The summed E-state index contributed by atoms with van der Waals surface area (Å²) in [5.41, 5.74) is -0.0316. The average molecular weight is 251 g/mol. The fraction of sp³-hybridized carbons (Fsp3) is 0.538. The summed E-state index contributed by atoms with van der Waals surface area (Å²) in [7, 11) is 0. The fourth-order valence-electron chi connectivity index (χ4n) is 2.58. The highest BCUT2D eigenvalue weighted by molar-refractivity contribution is 5.87. The van der Waals surface area contributed by atoms with Gasteiger partial charge in [-0.05, 0) is 19.8 Å². The molecule has 0 aliphatic heterocycles. The molecule has 1 heterocycles. The highest BCUT2D eigenvalue weighted by Crippen LogP contribution is 2.29. The largest absolute Gasteiger partial charge is 0.477 e. The highest BCUT2D eigenvalue weighted by atomic mass is 16.4. The number of carboxylic acids is 1. The van der Waals surface area contributed by atoms with Crippen molar-refractivity contribution in [2.75, 3.05) is 0 Å². The first kappa shape index (κ1) is 12.8. The minimum Gasteiger partial charge on any atom is -0.477 e. The maximum Gasteiger partial charge on any atom is 0.341 e. The van der Waals surface area contributed by atoms with Crippen LogP contribution in [0.5, 0.6) is 0 Å². The number of aromatic carboxylic acids is 1. The minimum atomic E-state index is -1.22. The molecule has 1 fully saturated rings. The summed E-state index contributed by atoms with van der Waals surface area (Å²) >= 11 is 0. The Bertz CT molecular complexity index is 520. The van der Waals surface area contributed by atoms with Gasteiger partial charge >= 0.3 is 5.97 Å². The summed E-state index contributed by atoms with van der Waals surface area (Å²) in [5.74, 6) is -1.22. The third-order valence-corrected chi connectivity index (χ3v) is 3.56. The third kappa shape index (κ3) is 2.31. The van der Waals surface area contributed by atoms with Crippen molar-refractivity contribution in [3.8, 4) is 0 Å². The summed E-state index contributed by atoms with van der Waals surface area (Å²) in [5, 5.41) is 19.0. The molecule has 0 radical (unpaired) electrons. The van der Waals surface area contributed by atoms with Crippen molar-refractivity contribution in [2.45, 2.75) is 44.8 Å². The van der Waals surface area contributed by atoms with Crippen LogP contribution >= 0.6 is 0 Å². The molecule has 0 aromatic carbocycles. The van der Waals surface area contributed by atoms with E-state index in [1.165, 1.54) is 12.3 Å². The van der Waals surface area contributed by atoms with Crippen molar-refractivity contribution in [1.29, 1.82) is 0 Å². The minimum absolute atomic E-state index is 0.127. The SMILES string of the molecule is Cc1cc(=O)c(C(=O)O)cn1C1CCCCC1O. The summed E-state index contributed by atoms with van der Waals surface area (Å²) in [6.45, 7) is 1.76. The first-order chi connectivity index (χ1) is 8.50. The van der Waals surface area contributed by atoms with Crippen molar-refractivity contribution in [1.82, 2.24) is 4.57 Å². The molecule has 2 unspecified atom stereocenters. The van der Waals surface area contributed by atoms with Gasteiger partial charge in [0.05, 0.1) is 12.1 Å². The van der Waals surface area contributed by atoms with Crippen LogP contribution in [0.2, 0.25) is 0 Å². The molecule has 1 aromatic rings. The number of aliphatic hydroxyl groups excluding tert-OH is 1. The molecule has 2 N–H and O–H groups in total. The zero-order chi connectivity index (χ0) is 13.3. The number of hydrogen-bond donors (Lipinski definition) is 2. The molecule has 0 amide bonds. The van der Waals surface area contributed by atoms with Gasteiger partial charge in [-0.3, -0.25) is 4.79 Å². The van der Waals surface area contributed by atoms with Crippen LogP contribution in [-0.2, 0) is 0 Å². The van der Waals surface area contributed by atoms with Gasteiger partial charge in [0.2, 0.25) is 0 Å². The molecule has 0 bridgehead atoms. The molecule has 5 heteroatoms. The molecule has 1 aliphatic rings. The van der Waals surface area contributed by atoms with E-state index in [0.717, 1.165) is 25.7 Å². The predicted octanol–water partition coefficient (Wildman–Crippen LogP) is 1.33. The molecule has 1 aromatic heterocycles. The lowest BCUT2D eigenvalue weighted by Gasteiger charge is -2.31. The molecular formula is C13H17NO4. The summed E-state index contributed by atoms with van der Waals surface area (Å²) in [6.07, 6.45) is 4.42. The van der Waals surface area contributed by atoms with E-state index in [9.17, 15) is 14.7 Å². The molecule has 18 heavy (non-hydrogen) atoms. The van der Waals surface area contributed by atoms with E-state index >= 15 is 0 Å². The Kier molecular flexibility index (Phi) is 3.52. The average Bonchev–Trinajstić information content (AvgIpc) is 2.30. The smallest absolute Gasteiger partial charge is 0.341 e. The topological polar surface area (TPSA) is 79.5 Å². The van der Waals surface area contributed by atoms with Crippen LogP contribution in [0.25, 0.3) is 0 Å². The van der Waals surface area contributed by atoms with Gasteiger partial charge in [-0.15, -0.1) is 0 Å². The van der Waals surface area contributed by atoms with Crippen LogP contribution in [-0.4, -0.2) is 26.9 Å². The Labute approximate surface area is 105 Å². The van der Waals surface area contributed by atoms with Crippen molar-refractivity contribution in [2.24, 2.45) is 0 Å². The van der Waals surface area contributed by atoms with Crippen LogP contribution in [0.4, 0.5) is 0 Å². The van der Waals surface area contributed by atoms with Crippen LogP contribution in [0, 0.1) is 6.92 Å². The van der Waals surface area contributed by atoms with Crippen LogP contribution < -0.4 is 5.43 Å². The van der Waals surface area contributed by atoms with Crippen molar-refractivity contribution >= 4 is 5.97 Å². The Morgan fingerprint density at radius 3 is 2.67 bits per heavy atom. The number of nitrogens with zero attached hydrogens (tertiary/aromatic N) is 1. The number of aromatic nitrogens is 1. The van der Waals surface area contributed by atoms with Crippen LogP contribution in [0.3, 0.4) is 0 Å². The third-order valence-electron chi connectivity index (χ3n) is 3.56. The van der Waals surface area contributed by atoms with Gasteiger partial charge in [0.15, 0.2) is 5.43 Å². The monoisotopic (exact) mass is 251 g/mol. The number of pyridine rings is 1. The maximum absolute atomic E-state index is 11.5. The zero-order valence-electron chi connectivity index (χ0n) is 10.3. The molecule has 98 valence electrons. The molecular weight excluding hydrogens is 234 g/mol. The fourth-order valence-corrected chi connectivity index (χ4v) is 2.58. The quantitative estimate of drug-likeness (QED) is 0.831. The van der Waals surface area contributed by atoms with Crippen molar-refractivity contribution < 1.29 is 15.0 Å². The van der Waals surface area contributed by atoms with E-state index in [2.05, 4.69) is 0 Å². The lowest BCUT2D eigenvalue weighted by atomic mass is 9.92. The van der Waals surface area contributed by atoms with Gasteiger partial charge in [-0.25, -0.2) is 4.79 Å². The maximum atomic E-state index is 11.5. The van der Waals surface area contributed by atoms with Gasteiger partial charge in [-0.1, -0.05) is 12.8 Å². The molecule has 0 saturated heterocycles. The van der Waals surface area contributed by atoms with E-state index in [4.69, 9.17) is 5.11 Å². The Balaban J connectivity index is 2.46. The second-order valence-corrected chi connectivity index (χ2v) is 4.82. The van der Waals surface area contributed by atoms with Gasteiger partial charge in [0.1, 0.15) is 5.56 Å². The molecule has 2 atom stereocenters. The molecule has 1 saturated carbocycles. The van der Waals surface area contributed by atoms with Crippen molar-refractivity contribution in [3.63, 3.8) is 0 Å². The Morgan fingerprint density at radius 1 is 1.39 bits per heavy atom.